The predicted octanol–water partition coefficient (Wildman–Crippen LogP) is 3.30. The number of rotatable bonds is 8. The lowest BCUT2D eigenvalue weighted by molar-refractivity contribution is 0.282. The van der Waals surface area contributed by atoms with Gasteiger partial charge < -0.3 is 20.4 Å². The normalized spacial score (nSPS) is 15.9. The van der Waals surface area contributed by atoms with Gasteiger partial charge in [-0.15, -0.1) is 24.0 Å². The van der Waals surface area contributed by atoms with Crippen LogP contribution in [0.2, 0.25) is 0 Å². The molecule has 1 aliphatic rings. The molecule has 0 unspecified atom stereocenters. The van der Waals surface area contributed by atoms with Crippen molar-refractivity contribution in [2.75, 3.05) is 47.3 Å². The third kappa shape index (κ3) is 9.76. The molecular formula is C21H38IN5. The van der Waals surface area contributed by atoms with Gasteiger partial charge in [0.25, 0.3) is 0 Å². The van der Waals surface area contributed by atoms with Crippen molar-refractivity contribution < 1.29 is 0 Å². The summed E-state index contributed by atoms with van der Waals surface area (Å²) in [5, 5.41) is 6.91. The van der Waals surface area contributed by atoms with Gasteiger partial charge in [0.2, 0.25) is 0 Å². The third-order valence-electron chi connectivity index (χ3n) is 4.92. The van der Waals surface area contributed by atoms with Crippen LogP contribution in [-0.2, 0) is 13.1 Å². The monoisotopic (exact) mass is 487 g/mol. The average molecular weight is 487 g/mol. The zero-order valence-electron chi connectivity index (χ0n) is 17.3. The first-order valence-electron chi connectivity index (χ1n) is 10.1. The van der Waals surface area contributed by atoms with E-state index in [0.717, 1.165) is 32.0 Å². The molecule has 1 heterocycles. The van der Waals surface area contributed by atoms with Crippen molar-refractivity contribution in [2.24, 2.45) is 4.99 Å². The Labute approximate surface area is 183 Å². The molecule has 0 atom stereocenters. The van der Waals surface area contributed by atoms with E-state index in [4.69, 9.17) is 0 Å². The fraction of sp³-hybridized carbons (Fsp3) is 0.667. The van der Waals surface area contributed by atoms with Gasteiger partial charge in [0.15, 0.2) is 5.96 Å². The average Bonchev–Trinajstić information content (AvgIpc) is 2.90. The number of likely N-dealkylation sites (tertiary alicyclic amines) is 1. The minimum Gasteiger partial charge on any atom is -0.356 e. The standard InChI is InChI=1S/C21H37N5.HI/c1-22-21(23-13-10-16-26-14-8-4-5-9-15-26)24-17-19-11-6-7-12-20(19)18-25(2)3;/h6-7,11-12H,4-5,8-10,13-18H2,1-3H3,(H2,22,23,24);1H. The van der Waals surface area contributed by atoms with E-state index in [1.165, 1.54) is 56.4 Å². The Morgan fingerprint density at radius 2 is 1.70 bits per heavy atom. The predicted molar refractivity (Wildman–Crippen MR) is 127 cm³/mol. The molecule has 1 saturated heterocycles. The number of hydrogen-bond donors (Lipinski definition) is 2. The summed E-state index contributed by atoms with van der Waals surface area (Å²) in [5.41, 5.74) is 2.69. The second-order valence-electron chi connectivity index (χ2n) is 7.47. The molecule has 1 aromatic carbocycles. The summed E-state index contributed by atoms with van der Waals surface area (Å²) in [6, 6.07) is 8.61. The molecule has 27 heavy (non-hydrogen) atoms. The maximum atomic E-state index is 4.36. The molecule has 1 aromatic rings. The maximum Gasteiger partial charge on any atom is 0.191 e. The van der Waals surface area contributed by atoms with E-state index in [2.05, 4.69) is 63.8 Å². The first-order chi connectivity index (χ1) is 12.7. The Bertz CT molecular complexity index is 539. The molecule has 154 valence electrons. The van der Waals surface area contributed by atoms with Crippen molar-refractivity contribution in [1.29, 1.82) is 0 Å². The molecule has 0 amide bonds. The molecule has 0 bridgehead atoms. The Balaban J connectivity index is 0.00000364. The SMILES string of the molecule is CN=C(NCCCN1CCCCCC1)NCc1ccccc1CN(C)C.I. The van der Waals surface area contributed by atoms with Crippen LogP contribution < -0.4 is 10.6 Å². The second kappa shape index (κ2) is 14.2. The molecule has 0 aliphatic carbocycles. The lowest BCUT2D eigenvalue weighted by Crippen LogP contribution is -2.38. The van der Waals surface area contributed by atoms with Crippen molar-refractivity contribution in [3.8, 4) is 0 Å². The first-order valence-corrected chi connectivity index (χ1v) is 10.1. The van der Waals surface area contributed by atoms with Gasteiger partial charge in [-0.1, -0.05) is 37.1 Å². The fourth-order valence-corrected chi connectivity index (χ4v) is 3.49. The number of halogens is 1. The van der Waals surface area contributed by atoms with E-state index in [-0.39, 0.29) is 24.0 Å². The Morgan fingerprint density at radius 3 is 2.33 bits per heavy atom. The van der Waals surface area contributed by atoms with Crippen LogP contribution in [0.5, 0.6) is 0 Å². The quantitative estimate of drug-likeness (QED) is 0.256. The Morgan fingerprint density at radius 1 is 1.04 bits per heavy atom. The highest BCUT2D eigenvalue weighted by Crippen LogP contribution is 2.11. The molecule has 6 heteroatoms. The van der Waals surface area contributed by atoms with Crippen LogP contribution in [0, 0.1) is 0 Å². The third-order valence-corrected chi connectivity index (χ3v) is 4.92. The molecule has 2 N–H and O–H groups in total. The van der Waals surface area contributed by atoms with E-state index in [9.17, 15) is 0 Å². The van der Waals surface area contributed by atoms with Gasteiger partial charge in [-0.3, -0.25) is 4.99 Å². The number of nitrogens with zero attached hydrogens (tertiary/aromatic N) is 3. The summed E-state index contributed by atoms with van der Waals surface area (Å²) in [7, 11) is 6.06. The van der Waals surface area contributed by atoms with E-state index in [1.54, 1.807) is 0 Å². The summed E-state index contributed by atoms with van der Waals surface area (Å²) in [6.07, 6.45) is 6.70. The van der Waals surface area contributed by atoms with E-state index in [0.29, 0.717) is 0 Å². The minimum atomic E-state index is 0. The maximum absolute atomic E-state index is 4.36. The lowest BCUT2D eigenvalue weighted by Gasteiger charge is -2.20. The van der Waals surface area contributed by atoms with Gasteiger partial charge in [0.1, 0.15) is 0 Å². The van der Waals surface area contributed by atoms with Crippen molar-refractivity contribution in [3.63, 3.8) is 0 Å². The number of hydrogen-bond acceptors (Lipinski definition) is 3. The summed E-state index contributed by atoms with van der Waals surface area (Å²) < 4.78 is 0. The van der Waals surface area contributed by atoms with Crippen molar-refractivity contribution >= 4 is 29.9 Å². The van der Waals surface area contributed by atoms with Gasteiger partial charge in [-0.05, 0) is 64.1 Å². The molecule has 0 spiro atoms. The van der Waals surface area contributed by atoms with Crippen molar-refractivity contribution in [1.82, 2.24) is 20.4 Å². The Hall–Kier alpha value is -0.860. The Kier molecular flexibility index (Phi) is 12.7. The molecular weight excluding hydrogens is 449 g/mol. The molecule has 0 radical (unpaired) electrons. The zero-order chi connectivity index (χ0) is 18.6. The number of nitrogens with one attached hydrogen (secondary N) is 2. The summed E-state index contributed by atoms with van der Waals surface area (Å²) in [6.45, 7) is 6.46. The van der Waals surface area contributed by atoms with Crippen LogP contribution in [0.25, 0.3) is 0 Å². The minimum absolute atomic E-state index is 0. The van der Waals surface area contributed by atoms with Crippen molar-refractivity contribution in [3.05, 3.63) is 35.4 Å². The molecule has 0 saturated carbocycles. The van der Waals surface area contributed by atoms with Gasteiger partial charge in [-0.25, -0.2) is 0 Å². The van der Waals surface area contributed by atoms with Gasteiger partial charge in [-0.2, -0.15) is 0 Å². The highest BCUT2D eigenvalue weighted by atomic mass is 127. The van der Waals surface area contributed by atoms with Crippen LogP contribution in [0.4, 0.5) is 0 Å². The fourth-order valence-electron chi connectivity index (χ4n) is 3.49. The summed E-state index contributed by atoms with van der Waals surface area (Å²) in [5.74, 6) is 0.889. The highest BCUT2D eigenvalue weighted by molar-refractivity contribution is 14.0. The van der Waals surface area contributed by atoms with Gasteiger partial charge in [0.05, 0.1) is 0 Å². The van der Waals surface area contributed by atoms with Gasteiger partial charge in [0, 0.05) is 26.7 Å². The van der Waals surface area contributed by atoms with E-state index >= 15 is 0 Å². The lowest BCUT2D eigenvalue weighted by atomic mass is 10.1. The van der Waals surface area contributed by atoms with Gasteiger partial charge >= 0.3 is 0 Å². The van der Waals surface area contributed by atoms with Crippen LogP contribution in [0.15, 0.2) is 29.3 Å². The molecule has 5 nitrogen and oxygen atoms in total. The number of benzene rings is 1. The largest absolute Gasteiger partial charge is 0.356 e. The van der Waals surface area contributed by atoms with E-state index < -0.39 is 0 Å². The second-order valence-corrected chi connectivity index (χ2v) is 7.47. The number of guanidine groups is 1. The highest BCUT2D eigenvalue weighted by Gasteiger charge is 2.08. The van der Waals surface area contributed by atoms with Crippen LogP contribution in [0.3, 0.4) is 0 Å². The number of aliphatic imine (C=N–C) groups is 1. The topological polar surface area (TPSA) is 42.9 Å². The first kappa shape index (κ1) is 24.2. The molecule has 1 aliphatic heterocycles. The summed E-state index contributed by atoms with van der Waals surface area (Å²) in [4.78, 5) is 9.18. The van der Waals surface area contributed by atoms with Crippen LogP contribution in [-0.4, -0.2) is 63.1 Å². The van der Waals surface area contributed by atoms with E-state index in [1.807, 2.05) is 7.05 Å². The molecule has 0 aromatic heterocycles. The van der Waals surface area contributed by atoms with Crippen LogP contribution >= 0.6 is 24.0 Å². The smallest absolute Gasteiger partial charge is 0.191 e. The van der Waals surface area contributed by atoms with Crippen LogP contribution in [0.1, 0.15) is 43.2 Å². The van der Waals surface area contributed by atoms with Crippen molar-refractivity contribution in [2.45, 2.75) is 45.2 Å². The zero-order valence-corrected chi connectivity index (χ0v) is 19.7. The summed E-state index contributed by atoms with van der Waals surface area (Å²) >= 11 is 0. The molecule has 1 fully saturated rings. The molecule has 2 rings (SSSR count).